The lowest BCUT2D eigenvalue weighted by Gasteiger charge is -2.33. The zero-order valence-electron chi connectivity index (χ0n) is 22.1. The third kappa shape index (κ3) is 10.1. The normalized spacial score (nSPS) is 12.3. The smallest absolute Gasteiger partial charge is 0.261 e. The van der Waals surface area contributed by atoms with Gasteiger partial charge in [0.1, 0.15) is 19.0 Å². The zero-order valence-corrected chi connectivity index (χ0v) is 22.1. The molecule has 1 N–H and O–H groups in total. The third-order valence-corrected chi connectivity index (χ3v) is 5.68. The van der Waals surface area contributed by atoms with Gasteiger partial charge in [-0.3, -0.25) is 9.69 Å². The number of carbonyl (C=O) groups is 1. The number of aliphatic hydroxyl groups is 1. The van der Waals surface area contributed by atoms with Crippen LogP contribution < -0.4 is 4.74 Å². The van der Waals surface area contributed by atoms with Crippen LogP contribution in [0.5, 0.6) is 5.88 Å². The number of aldehydes is 1. The van der Waals surface area contributed by atoms with Gasteiger partial charge in [-0.2, -0.15) is 10.2 Å². The second-order valence-corrected chi connectivity index (χ2v) is 8.42. The third-order valence-electron chi connectivity index (χ3n) is 5.68. The Labute approximate surface area is 227 Å². The lowest BCUT2D eigenvalue weighted by molar-refractivity contribution is 0.00985. The highest BCUT2D eigenvalue weighted by atomic mass is 19.3. The minimum atomic E-state index is -2.54. The van der Waals surface area contributed by atoms with Crippen LogP contribution in [0.25, 0.3) is 0 Å². The molecule has 0 radical (unpaired) electrons. The van der Waals surface area contributed by atoms with Gasteiger partial charge in [-0.1, -0.05) is 42.5 Å². The van der Waals surface area contributed by atoms with Gasteiger partial charge < -0.3 is 14.6 Å². The van der Waals surface area contributed by atoms with E-state index in [4.69, 9.17) is 9.47 Å². The molecule has 0 aliphatic heterocycles. The molecule has 208 valence electrons. The zero-order chi connectivity index (χ0) is 28.6. The summed E-state index contributed by atoms with van der Waals surface area (Å²) in [5, 5.41) is 17.3. The van der Waals surface area contributed by atoms with E-state index in [2.05, 4.69) is 28.6 Å². The maximum Gasteiger partial charge on any atom is 0.261 e. The Morgan fingerprint density at radius 3 is 2.36 bits per heavy atom. The number of rotatable bonds is 14. The Morgan fingerprint density at radius 1 is 1.08 bits per heavy atom. The lowest BCUT2D eigenvalue weighted by Crippen LogP contribution is -2.30. The van der Waals surface area contributed by atoms with E-state index in [1.807, 2.05) is 49.2 Å². The second kappa shape index (κ2) is 16.9. The molecule has 1 heterocycles. The molecule has 0 saturated heterocycles. The maximum atomic E-state index is 12.3. The van der Waals surface area contributed by atoms with Crippen molar-refractivity contribution in [1.82, 2.24) is 9.88 Å². The van der Waals surface area contributed by atoms with Crippen LogP contribution >= 0.6 is 0 Å². The quantitative estimate of drug-likeness (QED) is 0.170. The topological polar surface area (TPSA) is 96.6 Å². The van der Waals surface area contributed by atoms with E-state index >= 15 is 0 Å². The van der Waals surface area contributed by atoms with E-state index in [1.165, 1.54) is 0 Å². The first-order valence-corrected chi connectivity index (χ1v) is 12.2. The first-order valence-electron chi connectivity index (χ1n) is 12.2. The van der Waals surface area contributed by atoms with E-state index in [-0.39, 0.29) is 6.61 Å². The van der Waals surface area contributed by atoms with Crippen LogP contribution in [0.2, 0.25) is 0 Å². The second-order valence-electron chi connectivity index (χ2n) is 8.42. The summed E-state index contributed by atoms with van der Waals surface area (Å²) in [6, 6.07) is 17.9. The van der Waals surface area contributed by atoms with Crippen LogP contribution in [-0.2, 0) is 17.9 Å². The van der Waals surface area contributed by atoms with E-state index in [9.17, 15) is 18.7 Å². The van der Waals surface area contributed by atoms with Crippen molar-refractivity contribution in [2.24, 2.45) is 10.2 Å². The average molecular weight is 541 g/mol. The van der Waals surface area contributed by atoms with Gasteiger partial charge in [-0.05, 0) is 42.8 Å². The van der Waals surface area contributed by atoms with Gasteiger partial charge in [-0.25, -0.2) is 13.8 Å². The number of nitrogens with zero attached hydrogens (tertiary/aromatic N) is 4. The maximum absolute atomic E-state index is 12.3. The summed E-state index contributed by atoms with van der Waals surface area (Å²) in [6.07, 6.45) is -1.10. The van der Waals surface area contributed by atoms with Gasteiger partial charge in [0.25, 0.3) is 6.43 Å². The number of hydrogen-bond acceptors (Lipinski definition) is 8. The van der Waals surface area contributed by atoms with Crippen LogP contribution in [0.3, 0.4) is 0 Å². The number of ether oxygens (including phenoxy) is 2. The SMILES string of the molecule is C=NN=C.CCOc1ccc(C(O)[C@@H](c2ccccc2)N(C)Cc2ccc(COCC(F)F)cc2C=O)cn1. The number of carbonyl (C=O) groups excluding carboxylic acids is 1. The number of benzene rings is 2. The molecular formula is C29H34F2N4O4. The molecule has 39 heavy (non-hydrogen) atoms. The van der Waals surface area contributed by atoms with E-state index in [0.29, 0.717) is 35.7 Å². The van der Waals surface area contributed by atoms with Crippen molar-refractivity contribution in [2.75, 3.05) is 20.3 Å². The molecule has 3 aromatic rings. The molecule has 8 nitrogen and oxygen atoms in total. The van der Waals surface area contributed by atoms with Gasteiger partial charge in [0.15, 0.2) is 0 Å². The summed E-state index contributed by atoms with van der Waals surface area (Å²) in [7, 11) is 1.87. The predicted molar refractivity (Wildman–Crippen MR) is 148 cm³/mol. The Bertz CT molecular complexity index is 1160. The fourth-order valence-electron chi connectivity index (χ4n) is 3.93. The van der Waals surface area contributed by atoms with Crippen LogP contribution in [0.4, 0.5) is 8.78 Å². The van der Waals surface area contributed by atoms with Crippen molar-refractivity contribution in [3.63, 3.8) is 0 Å². The highest BCUT2D eigenvalue weighted by molar-refractivity contribution is 5.77. The Kier molecular flexibility index (Phi) is 13.6. The lowest BCUT2D eigenvalue weighted by atomic mass is 9.94. The first-order chi connectivity index (χ1) is 18.8. The molecule has 1 unspecified atom stereocenters. The molecular weight excluding hydrogens is 506 g/mol. The molecule has 2 atom stereocenters. The first kappa shape index (κ1) is 31.4. The van der Waals surface area contributed by atoms with E-state index < -0.39 is 25.2 Å². The summed E-state index contributed by atoms with van der Waals surface area (Å²) in [4.78, 5) is 18.0. The molecule has 0 saturated carbocycles. The minimum absolute atomic E-state index is 0.00258. The summed E-state index contributed by atoms with van der Waals surface area (Å²) in [6.45, 7) is 8.09. The molecule has 3 rings (SSSR count). The molecule has 1 aromatic heterocycles. The van der Waals surface area contributed by atoms with Crippen molar-refractivity contribution in [1.29, 1.82) is 0 Å². The van der Waals surface area contributed by atoms with Crippen LogP contribution in [0.15, 0.2) is 77.1 Å². The summed E-state index contributed by atoms with van der Waals surface area (Å²) >= 11 is 0. The largest absolute Gasteiger partial charge is 0.478 e. The van der Waals surface area contributed by atoms with Crippen molar-refractivity contribution in [3.05, 3.63) is 94.7 Å². The Balaban J connectivity index is 0.00000124. The Morgan fingerprint density at radius 2 is 1.79 bits per heavy atom. The van der Waals surface area contributed by atoms with Gasteiger partial charge in [-0.15, -0.1) is 0 Å². The standard InChI is InChI=1S/C27H30F2N2O4.C2H4N2/c1-3-35-25-12-11-21(14-30-25)27(33)26(20-7-5-4-6-8-20)31(2)15-22-10-9-19(13-23(22)16-32)17-34-18-24(28)29;1-3-4-2/h4-14,16,24,26-27,33H,3,15,17-18H2,1-2H3;1-2H2/t26-,27?;/m1./s1. The predicted octanol–water partition coefficient (Wildman–Crippen LogP) is 5.28. The number of aromatic nitrogens is 1. The number of pyridine rings is 1. The Hall–Kier alpha value is -3.86. The summed E-state index contributed by atoms with van der Waals surface area (Å²) in [5.41, 5.74) is 3.37. The number of likely N-dealkylation sites (N-methyl/N-ethyl adjacent to an activating group) is 1. The van der Waals surface area contributed by atoms with Crippen molar-refractivity contribution < 1.29 is 28.2 Å². The van der Waals surface area contributed by atoms with Gasteiger partial charge >= 0.3 is 0 Å². The number of aliphatic hydroxyl groups excluding tert-OH is 1. The van der Waals surface area contributed by atoms with Gasteiger partial charge in [0.05, 0.1) is 19.3 Å². The summed E-state index contributed by atoms with van der Waals surface area (Å²) in [5.74, 6) is 0.487. The minimum Gasteiger partial charge on any atom is -0.478 e. The fourth-order valence-corrected chi connectivity index (χ4v) is 3.93. The highest BCUT2D eigenvalue weighted by Crippen LogP contribution is 2.34. The molecule has 10 heteroatoms. The monoisotopic (exact) mass is 540 g/mol. The van der Waals surface area contributed by atoms with Crippen LogP contribution in [0, 0.1) is 0 Å². The number of halogens is 2. The summed E-state index contributed by atoms with van der Waals surface area (Å²) < 4.78 is 35.0. The molecule has 0 fully saturated rings. The number of hydrogen-bond donors (Lipinski definition) is 1. The van der Waals surface area contributed by atoms with Crippen LogP contribution in [-0.4, -0.2) is 61.4 Å². The van der Waals surface area contributed by atoms with Gasteiger partial charge in [0.2, 0.25) is 5.88 Å². The van der Waals surface area contributed by atoms with Crippen molar-refractivity contribution >= 4 is 19.7 Å². The highest BCUT2D eigenvalue weighted by Gasteiger charge is 2.27. The van der Waals surface area contributed by atoms with Crippen molar-refractivity contribution in [3.8, 4) is 5.88 Å². The average Bonchev–Trinajstić information content (AvgIpc) is 2.95. The van der Waals surface area contributed by atoms with Crippen LogP contribution in [0.1, 0.15) is 51.7 Å². The fraction of sp³-hybridized carbons (Fsp3) is 0.310. The molecule has 0 aliphatic carbocycles. The molecule has 0 aliphatic rings. The number of alkyl halides is 2. The van der Waals surface area contributed by atoms with E-state index in [1.54, 1.807) is 36.5 Å². The molecule has 0 bridgehead atoms. The van der Waals surface area contributed by atoms with Gasteiger partial charge in [0, 0.05) is 43.4 Å². The van der Waals surface area contributed by atoms with Crippen molar-refractivity contribution in [2.45, 2.75) is 38.6 Å². The van der Waals surface area contributed by atoms with E-state index in [0.717, 1.165) is 17.4 Å². The molecule has 0 amide bonds. The molecule has 2 aromatic carbocycles. The molecule has 0 spiro atoms.